The first kappa shape index (κ1) is 9.45. The van der Waals surface area contributed by atoms with Crippen molar-refractivity contribution < 1.29 is 5.11 Å². The number of para-hydroxylation sites is 1. The molecule has 0 atom stereocenters. The molecule has 76 valence electrons. The van der Waals surface area contributed by atoms with Gasteiger partial charge in [-0.25, -0.2) is 9.97 Å². The first-order valence-electron chi connectivity index (χ1n) is 4.64. The maximum Gasteiger partial charge on any atom is 0.222 e. The molecule has 2 N–H and O–H groups in total. The number of phenols is 1. The molecule has 0 radical (unpaired) electrons. The van der Waals surface area contributed by atoms with E-state index in [2.05, 4.69) is 15.3 Å². The summed E-state index contributed by atoms with van der Waals surface area (Å²) in [5.74, 6) is 0.835. The molecular formula is C11H11N3O. The molecule has 0 aliphatic rings. The van der Waals surface area contributed by atoms with Gasteiger partial charge in [0.15, 0.2) is 0 Å². The summed E-state index contributed by atoms with van der Waals surface area (Å²) < 4.78 is 0. The topological polar surface area (TPSA) is 58.0 Å². The highest BCUT2D eigenvalue weighted by atomic mass is 16.3. The summed E-state index contributed by atoms with van der Waals surface area (Å²) in [7, 11) is 0. The number of anilines is 1. The largest absolute Gasteiger partial charge is 0.508 e. The standard InChI is InChI=1S/C11H11N3O/c15-10-5-2-1-4-9(10)8-14-11-12-6-3-7-13-11/h1-7,15H,8H2,(H,12,13,14). The highest BCUT2D eigenvalue weighted by molar-refractivity contribution is 5.35. The molecule has 0 amide bonds. The third kappa shape index (κ3) is 2.43. The van der Waals surface area contributed by atoms with Crippen molar-refractivity contribution in [2.75, 3.05) is 5.32 Å². The predicted molar refractivity (Wildman–Crippen MR) is 57.5 cm³/mol. The molecule has 0 aliphatic heterocycles. The van der Waals surface area contributed by atoms with Crippen LogP contribution in [0.3, 0.4) is 0 Å². The lowest BCUT2D eigenvalue weighted by molar-refractivity contribution is 0.469. The molecule has 1 aromatic carbocycles. The van der Waals surface area contributed by atoms with Crippen LogP contribution < -0.4 is 5.32 Å². The van der Waals surface area contributed by atoms with E-state index in [-0.39, 0.29) is 5.75 Å². The maximum atomic E-state index is 9.51. The van der Waals surface area contributed by atoms with Gasteiger partial charge in [0.05, 0.1) is 0 Å². The molecule has 15 heavy (non-hydrogen) atoms. The van der Waals surface area contributed by atoms with Gasteiger partial charge in [-0.15, -0.1) is 0 Å². The van der Waals surface area contributed by atoms with E-state index in [0.717, 1.165) is 5.56 Å². The second-order valence-corrected chi connectivity index (χ2v) is 3.05. The molecule has 1 heterocycles. The highest BCUT2D eigenvalue weighted by Crippen LogP contribution is 2.15. The van der Waals surface area contributed by atoms with Crippen LogP contribution in [-0.4, -0.2) is 15.1 Å². The summed E-state index contributed by atoms with van der Waals surface area (Å²) in [4.78, 5) is 8.04. The fourth-order valence-electron chi connectivity index (χ4n) is 1.22. The van der Waals surface area contributed by atoms with Crippen molar-refractivity contribution in [3.8, 4) is 5.75 Å². The van der Waals surface area contributed by atoms with E-state index >= 15 is 0 Å². The molecule has 2 aromatic rings. The lowest BCUT2D eigenvalue weighted by atomic mass is 10.2. The van der Waals surface area contributed by atoms with Crippen LogP contribution in [0.25, 0.3) is 0 Å². The quantitative estimate of drug-likeness (QED) is 0.794. The number of aromatic nitrogens is 2. The zero-order chi connectivity index (χ0) is 10.5. The van der Waals surface area contributed by atoms with Crippen LogP contribution in [-0.2, 0) is 6.54 Å². The molecule has 2 rings (SSSR count). The van der Waals surface area contributed by atoms with Crippen molar-refractivity contribution in [2.45, 2.75) is 6.54 Å². The predicted octanol–water partition coefficient (Wildman–Crippen LogP) is 1.79. The Bertz CT molecular complexity index is 431. The van der Waals surface area contributed by atoms with Crippen LogP contribution in [0.1, 0.15) is 5.56 Å². The van der Waals surface area contributed by atoms with Crippen LogP contribution in [0.4, 0.5) is 5.95 Å². The molecule has 0 saturated carbocycles. The Morgan fingerprint density at radius 1 is 1.07 bits per heavy atom. The van der Waals surface area contributed by atoms with Gasteiger partial charge in [0.2, 0.25) is 5.95 Å². The van der Waals surface area contributed by atoms with Crippen molar-refractivity contribution in [2.24, 2.45) is 0 Å². The van der Waals surface area contributed by atoms with Crippen molar-refractivity contribution in [1.29, 1.82) is 0 Å². The van der Waals surface area contributed by atoms with Gasteiger partial charge in [0, 0.05) is 24.5 Å². The number of nitrogens with zero attached hydrogens (tertiary/aromatic N) is 2. The lowest BCUT2D eigenvalue weighted by Crippen LogP contribution is -2.02. The zero-order valence-corrected chi connectivity index (χ0v) is 8.09. The Morgan fingerprint density at radius 3 is 2.53 bits per heavy atom. The van der Waals surface area contributed by atoms with E-state index in [4.69, 9.17) is 0 Å². The Morgan fingerprint density at radius 2 is 1.80 bits per heavy atom. The van der Waals surface area contributed by atoms with Crippen LogP contribution in [0.15, 0.2) is 42.7 Å². The van der Waals surface area contributed by atoms with Crippen molar-refractivity contribution in [3.05, 3.63) is 48.3 Å². The fourth-order valence-corrected chi connectivity index (χ4v) is 1.22. The first-order valence-corrected chi connectivity index (χ1v) is 4.64. The van der Waals surface area contributed by atoms with Crippen LogP contribution in [0, 0.1) is 0 Å². The number of rotatable bonds is 3. The number of nitrogens with one attached hydrogen (secondary N) is 1. The van der Waals surface area contributed by atoms with E-state index in [9.17, 15) is 5.11 Å². The van der Waals surface area contributed by atoms with Crippen LogP contribution in [0.5, 0.6) is 5.75 Å². The van der Waals surface area contributed by atoms with E-state index in [0.29, 0.717) is 12.5 Å². The first-order chi connectivity index (χ1) is 7.36. The number of aromatic hydroxyl groups is 1. The van der Waals surface area contributed by atoms with Crippen molar-refractivity contribution in [1.82, 2.24) is 9.97 Å². The Hall–Kier alpha value is -2.10. The summed E-state index contributed by atoms with van der Waals surface area (Å²) >= 11 is 0. The number of phenolic OH excluding ortho intramolecular Hbond substituents is 1. The Balaban J connectivity index is 2.03. The minimum atomic E-state index is 0.279. The average molecular weight is 201 g/mol. The van der Waals surface area contributed by atoms with E-state index < -0.39 is 0 Å². The number of hydrogen-bond donors (Lipinski definition) is 2. The Labute approximate surface area is 87.6 Å². The zero-order valence-electron chi connectivity index (χ0n) is 8.09. The lowest BCUT2D eigenvalue weighted by Gasteiger charge is -2.05. The highest BCUT2D eigenvalue weighted by Gasteiger charge is 1.99. The van der Waals surface area contributed by atoms with Crippen LogP contribution in [0.2, 0.25) is 0 Å². The fraction of sp³-hybridized carbons (Fsp3) is 0.0909. The monoisotopic (exact) mass is 201 g/mol. The average Bonchev–Trinajstić information content (AvgIpc) is 2.29. The van der Waals surface area contributed by atoms with Gasteiger partial charge < -0.3 is 10.4 Å². The summed E-state index contributed by atoms with van der Waals surface area (Å²) in [5.41, 5.74) is 0.824. The number of benzene rings is 1. The molecule has 0 fully saturated rings. The molecule has 0 unspecified atom stereocenters. The van der Waals surface area contributed by atoms with Gasteiger partial charge >= 0.3 is 0 Å². The summed E-state index contributed by atoms with van der Waals surface area (Å²) in [6.45, 7) is 0.511. The second-order valence-electron chi connectivity index (χ2n) is 3.05. The van der Waals surface area contributed by atoms with Gasteiger partial charge in [0.1, 0.15) is 5.75 Å². The molecule has 0 aliphatic carbocycles. The molecule has 0 bridgehead atoms. The van der Waals surface area contributed by atoms with Crippen LogP contribution >= 0.6 is 0 Å². The summed E-state index contributed by atoms with van der Waals surface area (Å²) in [6, 6.07) is 8.93. The molecule has 1 aromatic heterocycles. The summed E-state index contributed by atoms with van der Waals surface area (Å²) in [5, 5.41) is 12.5. The molecule has 0 saturated heterocycles. The van der Waals surface area contributed by atoms with Crippen molar-refractivity contribution >= 4 is 5.95 Å². The number of hydrogen-bond acceptors (Lipinski definition) is 4. The summed E-state index contributed by atoms with van der Waals surface area (Å²) in [6.07, 6.45) is 3.33. The molecular weight excluding hydrogens is 190 g/mol. The van der Waals surface area contributed by atoms with Gasteiger partial charge in [-0.1, -0.05) is 18.2 Å². The van der Waals surface area contributed by atoms with Gasteiger partial charge in [-0.2, -0.15) is 0 Å². The smallest absolute Gasteiger partial charge is 0.222 e. The van der Waals surface area contributed by atoms with Crippen molar-refractivity contribution in [3.63, 3.8) is 0 Å². The van der Waals surface area contributed by atoms with E-state index in [1.54, 1.807) is 30.6 Å². The minimum Gasteiger partial charge on any atom is -0.508 e. The normalized spacial score (nSPS) is 9.87. The van der Waals surface area contributed by atoms with E-state index in [1.807, 2.05) is 12.1 Å². The minimum absolute atomic E-state index is 0.279. The second kappa shape index (κ2) is 4.41. The molecule has 4 nitrogen and oxygen atoms in total. The SMILES string of the molecule is Oc1ccccc1CNc1ncccn1. The van der Waals surface area contributed by atoms with Gasteiger partial charge in [-0.3, -0.25) is 0 Å². The van der Waals surface area contributed by atoms with Gasteiger partial charge in [0.25, 0.3) is 0 Å². The molecule has 0 spiro atoms. The van der Waals surface area contributed by atoms with Gasteiger partial charge in [-0.05, 0) is 12.1 Å². The molecule has 4 heteroatoms. The third-order valence-electron chi connectivity index (χ3n) is 1.99. The third-order valence-corrected chi connectivity index (χ3v) is 1.99. The maximum absolute atomic E-state index is 9.51. The Kier molecular flexibility index (Phi) is 2.78. The van der Waals surface area contributed by atoms with E-state index in [1.165, 1.54) is 0 Å².